The summed E-state index contributed by atoms with van der Waals surface area (Å²) in [5, 5.41) is 50.4. The largest absolute Gasteiger partial charge is 0.545 e. The fraction of sp³-hybridized carbons (Fsp3) is 0.348. The number of nitro groups is 1. The highest BCUT2D eigenvalue weighted by atomic mass is 32.2. The molecule has 0 bridgehead atoms. The summed E-state index contributed by atoms with van der Waals surface area (Å²) in [5.41, 5.74) is 5.67. The number of imide groups is 1. The summed E-state index contributed by atoms with van der Waals surface area (Å²) in [6, 6.07) is 32.2. The van der Waals surface area contributed by atoms with Crippen molar-refractivity contribution in [3.05, 3.63) is 142 Å². The van der Waals surface area contributed by atoms with E-state index >= 15 is 0 Å². The maximum absolute atomic E-state index is 13.4. The van der Waals surface area contributed by atoms with Crippen molar-refractivity contribution in [1.82, 2.24) is 25.4 Å². The zero-order valence-electron chi connectivity index (χ0n) is 52.5. The number of benzene rings is 6. The van der Waals surface area contributed by atoms with Crippen LogP contribution in [-0.2, 0) is 28.7 Å². The number of nitrogens with one attached hydrogen (secondary N) is 3. The average Bonchev–Trinajstić information content (AvgIpc) is 1.32. The molecule has 0 saturated carbocycles. The Morgan fingerprint density at radius 3 is 2.02 bits per heavy atom. The molecule has 0 aromatic heterocycles. The molecule has 0 radical (unpaired) electrons. The second-order valence-corrected chi connectivity index (χ2v) is 23.7. The molecule has 486 valence electrons. The molecule has 27 heteroatoms. The number of aromatic carboxylic acids is 1. The van der Waals surface area contributed by atoms with E-state index in [4.69, 9.17) is 23.4 Å². The first-order valence-corrected chi connectivity index (χ1v) is 31.0. The molecule has 1 atom stereocenters. The van der Waals surface area contributed by atoms with Crippen LogP contribution in [0.3, 0.4) is 0 Å². The molecule has 9 rings (SSSR count). The predicted molar refractivity (Wildman–Crippen MR) is 348 cm³/mol. The number of thioether (sulfide) groups is 1. The first kappa shape index (κ1) is 67.3. The first-order valence-electron chi connectivity index (χ1n) is 30.0. The van der Waals surface area contributed by atoms with E-state index in [0.29, 0.717) is 99.4 Å². The van der Waals surface area contributed by atoms with Crippen LogP contribution in [0, 0.1) is 16.0 Å². The number of nitro benzene ring substituents is 1. The number of carbonyl (C=O) groups excluding carboxylic acids is 6. The number of hydrogen-bond acceptors (Lipinski definition) is 21. The van der Waals surface area contributed by atoms with E-state index in [1.807, 2.05) is 110 Å². The van der Waals surface area contributed by atoms with Crippen LogP contribution in [0.1, 0.15) is 52.8 Å². The van der Waals surface area contributed by atoms with E-state index in [-0.39, 0.29) is 92.6 Å². The van der Waals surface area contributed by atoms with Crippen LogP contribution in [0.25, 0.3) is 33.4 Å². The Balaban J connectivity index is 0.638. The zero-order chi connectivity index (χ0) is 66.3. The van der Waals surface area contributed by atoms with Gasteiger partial charge in [0.05, 0.1) is 66.9 Å². The van der Waals surface area contributed by atoms with E-state index in [1.165, 1.54) is 61.2 Å². The fourth-order valence-electron chi connectivity index (χ4n) is 10.4. The van der Waals surface area contributed by atoms with E-state index < -0.39 is 34.3 Å². The number of hydrogen-bond donors (Lipinski definition) is 3. The second-order valence-electron chi connectivity index (χ2n) is 22.4. The number of carbonyl (C=O) groups is 6. The summed E-state index contributed by atoms with van der Waals surface area (Å²) >= 11 is 1.32. The van der Waals surface area contributed by atoms with Gasteiger partial charge in [-0.1, -0.05) is 6.07 Å². The summed E-state index contributed by atoms with van der Waals surface area (Å²) in [5.74, 6) is -1.87. The van der Waals surface area contributed by atoms with Crippen molar-refractivity contribution in [1.29, 1.82) is 0 Å². The number of nitrogens with zero attached hydrogens (tertiary/aromatic N) is 9. The van der Waals surface area contributed by atoms with Crippen LogP contribution in [0.15, 0.2) is 140 Å². The third-order valence-corrected chi connectivity index (χ3v) is 16.8. The molecule has 3 N–H and O–H groups in total. The van der Waals surface area contributed by atoms with Gasteiger partial charge in [-0.3, -0.25) is 39.0 Å². The molecule has 2 fully saturated rings. The number of anilines is 2. The number of likely N-dealkylation sites (tertiary alicyclic amines) is 1. The van der Waals surface area contributed by atoms with Crippen molar-refractivity contribution >= 4 is 98.0 Å². The number of rotatable bonds is 28. The lowest BCUT2D eigenvalue weighted by Gasteiger charge is -2.29. The smallest absolute Gasteiger partial charge is 0.269 e. The van der Waals surface area contributed by atoms with Crippen LogP contribution in [0.4, 0.5) is 39.8 Å². The molecule has 93 heavy (non-hydrogen) atoms. The van der Waals surface area contributed by atoms with Crippen LogP contribution in [0.2, 0.25) is 0 Å². The van der Waals surface area contributed by atoms with Crippen LogP contribution in [0.5, 0.6) is 11.5 Å². The number of carboxylic acid groups (broad SMARTS) is 1. The van der Waals surface area contributed by atoms with Gasteiger partial charge >= 0.3 is 0 Å². The lowest BCUT2D eigenvalue weighted by Crippen LogP contribution is -2.43. The van der Waals surface area contributed by atoms with Crippen LogP contribution >= 0.6 is 11.8 Å². The monoisotopic (exact) mass is 1290 g/mol. The summed E-state index contributed by atoms with van der Waals surface area (Å²) in [7, 11) is 12.5. The highest BCUT2D eigenvalue weighted by Crippen LogP contribution is 2.43. The highest BCUT2D eigenvalue weighted by Gasteiger charge is 2.39. The maximum atomic E-state index is 13.4. The summed E-state index contributed by atoms with van der Waals surface area (Å²) in [4.78, 5) is 93.7. The standard InChI is InChI=1S/C66H72N12O14S/c1-74(2)46-20-23-49-54(33-46)92-55-34-47(75(3)4)21-24-50(55)62(49)48-22-11-40(32-51(48)66(84)85)63(81)68-26-9-27-69-64(82)41-38-90-61(91-39-41)25-30-77-60(80)37-58(65(77)83)93-31-28-67-59(79)10-8-29-76(5)44-16-12-42(13-17-44)70-72-52-35-57(89-7)53(36-56(52)88-6)73-71-43-14-18-45(19-15-43)78(86)87/h11-24,32-36,41,58,61H,8-10,25-31,37-39H2,1-7H3,(H3-,67,68,69,79,81,82,84,85). The molecule has 5 aromatic carbocycles. The Morgan fingerprint density at radius 1 is 0.742 bits per heavy atom. The average molecular weight is 1290 g/mol. The molecule has 3 heterocycles. The molecule has 5 amide bonds. The van der Waals surface area contributed by atoms with Gasteiger partial charge in [0.2, 0.25) is 29.0 Å². The lowest BCUT2D eigenvalue weighted by molar-refractivity contribution is -0.384. The van der Waals surface area contributed by atoms with E-state index in [2.05, 4.69) is 36.4 Å². The first-order chi connectivity index (χ1) is 44.8. The van der Waals surface area contributed by atoms with Gasteiger partial charge in [0.25, 0.3) is 11.6 Å². The number of methoxy groups -OCH3 is 2. The van der Waals surface area contributed by atoms with Gasteiger partial charge in [0.1, 0.15) is 48.3 Å². The van der Waals surface area contributed by atoms with Gasteiger partial charge < -0.3 is 59.0 Å². The Labute approximate surface area is 540 Å². The molecular formula is C66H72N12O14S. The number of non-ortho nitro benzene ring substituents is 1. The third kappa shape index (κ3) is 17.1. The van der Waals surface area contributed by atoms with E-state index in [1.54, 1.807) is 24.3 Å². The Bertz CT molecular complexity index is 4020. The molecule has 2 saturated heterocycles. The molecule has 0 spiro atoms. The Hall–Kier alpha value is -10.1. The van der Waals surface area contributed by atoms with Crippen molar-refractivity contribution in [2.45, 2.75) is 43.6 Å². The van der Waals surface area contributed by atoms with Gasteiger partial charge in [-0.05, 0) is 85.1 Å². The third-order valence-electron chi connectivity index (χ3n) is 15.6. The quantitative estimate of drug-likeness (QED) is 0.00797. The minimum Gasteiger partial charge on any atom is -0.545 e. The number of amides is 5. The molecule has 5 aromatic rings. The van der Waals surface area contributed by atoms with E-state index in [9.17, 15) is 44.0 Å². The predicted octanol–water partition coefficient (Wildman–Crippen LogP) is 7.93. The summed E-state index contributed by atoms with van der Waals surface area (Å²) in [6.07, 6.45) is 0.787. The Kier molecular flexibility index (Phi) is 22.6. The fourth-order valence-corrected chi connectivity index (χ4v) is 11.4. The molecule has 1 unspecified atom stereocenters. The van der Waals surface area contributed by atoms with Crippen molar-refractivity contribution in [2.24, 2.45) is 26.4 Å². The van der Waals surface area contributed by atoms with Crippen molar-refractivity contribution in [3.63, 3.8) is 0 Å². The zero-order valence-corrected chi connectivity index (χ0v) is 53.4. The van der Waals surface area contributed by atoms with Crippen LogP contribution in [-0.4, -0.2) is 158 Å². The van der Waals surface area contributed by atoms with Gasteiger partial charge in [-0.15, -0.1) is 22.0 Å². The topological polar surface area (TPSA) is 317 Å². The molecular weight excluding hydrogens is 1220 g/mol. The molecule has 4 aliphatic rings. The van der Waals surface area contributed by atoms with Crippen molar-refractivity contribution in [3.8, 4) is 33.9 Å². The number of ether oxygens (including phenoxy) is 4. The number of azo groups is 2. The Morgan fingerprint density at radius 2 is 1.39 bits per heavy atom. The SMILES string of the molecule is COc1cc(N=Nc2ccc([N+](=O)[O-])cc2)c(OC)cc1N=Nc1ccc(N(C)CCCC(=O)NCCSC2CC(=O)N(CCC3OCC(C(=O)NCCCNC(=O)c4ccc(-c5c6ccc(=[N+](C)C)cc-6oc6cc(N(C)C)ccc56)c(C(=O)[O-])c4)CO3)C2=O)cc1. The van der Waals surface area contributed by atoms with Crippen LogP contribution < -0.4 is 50.3 Å². The van der Waals surface area contributed by atoms with Gasteiger partial charge in [0, 0.05) is 154 Å². The normalized spacial score (nSPS) is 15.6. The van der Waals surface area contributed by atoms with Gasteiger partial charge in [-0.2, -0.15) is 10.2 Å². The molecule has 1 aliphatic carbocycles. The van der Waals surface area contributed by atoms with Gasteiger partial charge in [-0.25, -0.2) is 4.58 Å². The highest BCUT2D eigenvalue weighted by molar-refractivity contribution is 8.00. The lowest BCUT2D eigenvalue weighted by atomic mass is 9.89. The van der Waals surface area contributed by atoms with E-state index in [0.717, 1.165) is 16.7 Å². The molecule has 3 aliphatic heterocycles. The maximum Gasteiger partial charge on any atom is 0.269 e. The minimum absolute atomic E-state index is 0.0450. The summed E-state index contributed by atoms with van der Waals surface area (Å²) < 4.78 is 31.0. The summed E-state index contributed by atoms with van der Waals surface area (Å²) in [6.45, 7) is 1.56. The number of fused-ring (bicyclic) bond motifs is 2. The van der Waals surface area contributed by atoms with Crippen molar-refractivity contribution in [2.75, 3.05) is 111 Å². The second kappa shape index (κ2) is 31.3. The molecule has 26 nitrogen and oxygen atoms in total. The van der Waals surface area contributed by atoms with Gasteiger partial charge in [0.15, 0.2) is 6.29 Å². The number of carboxylic acids is 1. The van der Waals surface area contributed by atoms with Crippen molar-refractivity contribution < 1.29 is 62.2 Å². The minimum atomic E-state index is -1.45.